The predicted octanol–water partition coefficient (Wildman–Crippen LogP) is -0.622. The molecule has 2 N–H and O–H groups in total. The first-order chi connectivity index (χ1) is 4.33. The molecule has 1 fully saturated rings. The van der Waals surface area contributed by atoms with Crippen LogP contribution >= 0.6 is 0 Å². The minimum Gasteiger partial charge on any atom is -0.396 e. The van der Waals surface area contributed by atoms with E-state index in [1.54, 1.807) is 0 Å². The van der Waals surface area contributed by atoms with E-state index in [0.29, 0.717) is 13.2 Å². The summed E-state index contributed by atoms with van der Waals surface area (Å²) in [6.07, 6.45) is 0.778. The molecule has 54 valence electrons. The molecule has 1 aliphatic rings. The van der Waals surface area contributed by atoms with Crippen LogP contribution < -0.4 is 0 Å². The van der Waals surface area contributed by atoms with Gasteiger partial charge in [-0.15, -0.1) is 0 Å². The summed E-state index contributed by atoms with van der Waals surface area (Å²) in [6, 6.07) is 0. The molecule has 0 radical (unpaired) electrons. The average Bonchev–Trinajstić information content (AvgIpc) is 2.36. The summed E-state index contributed by atoms with van der Waals surface area (Å²) in [5, 5.41) is 17.6. The smallest absolute Gasteiger partial charge is 0.0567 e. The van der Waals surface area contributed by atoms with Gasteiger partial charge in [0.2, 0.25) is 0 Å². The van der Waals surface area contributed by atoms with Gasteiger partial charge < -0.3 is 14.9 Å². The third kappa shape index (κ3) is 1.23. The SMILES string of the molecule is OCC1(CO)CCOC1. The van der Waals surface area contributed by atoms with Crippen LogP contribution in [-0.4, -0.2) is 36.6 Å². The number of rotatable bonds is 2. The van der Waals surface area contributed by atoms with Crippen LogP contribution in [0, 0.1) is 5.41 Å². The van der Waals surface area contributed by atoms with Gasteiger partial charge in [-0.2, -0.15) is 0 Å². The second kappa shape index (κ2) is 2.64. The standard InChI is InChI=1S/C6H12O3/c7-3-6(4-8)1-2-9-5-6/h7-8H,1-5H2. The Bertz CT molecular complexity index is 80.3. The second-order valence-corrected chi connectivity index (χ2v) is 2.62. The van der Waals surface area contributed by atoms with Gasteiger partial charge in [-0.25, -0.2) is 0 Å². The number of hydrogen-bond acceptors (Lipinski definition) is 3. The highest BCUT2D eigenvalue weighted by atomic mass is 16.5. The fourth-order valence-corrected chi connectivity index (χ4v) is 0.949. The summed E-state index contributed by atoms with van der Waals surface area (Å²) >= 11 is 0. The lowest BCUT2D eigenvalue weighted by atomic mass is 9.90. The van der Waals surface area contributed by atoms with Crippen LogP contribution in [0.1, 0.15) is 6.42 Å². The minimum absolute atomic E-state index is 0.0312. The Balaban J connectivity index is 2.45. The van der Waals surface area contributed by atoms with Crippen LogP contribution in [0.15, 0.2) is 0 Å². The molecule has 0 amide bonds. The van der Waals surface area contributed by atoms with Crippen LogP contribution in [0.4, 0.5) is 0 Å². The zero-order chi connectivity index (χ0) is 6.74. The molecule has 3 nitrogen and oxygen atoms in total. The number of aliphatic hydroxyl groups is 2. The molecular formula is C6H12O3. The zero-order valence-electron chi connectivity index (χ0n) is 5.34. The lowest BCUT2D eigenvalue weighted by molar-refractivity contribution is 0.0415. The van der Waals surface area contributed by atoms with E-state index in [4.69, 9.17) is 14.9 Å². The normalized spacial score (nSPS) is 24.7. The maximum absolute atomic E-state index is 8.78. The van der Waals surface area contributed by atoms with E-state index in [9.17, 15) is 0 Å². The first-order valence-electron chi connectivity index (χ1n) is 3.12. The number of aliphatic hydroxyl groups excluding tert-OH is 2. The van der Waals surface area contributed by atoms with E-state index < -0.39 is 0 Å². The number of ether oxygens (including phenoxy) is 1. The van der Waals surface area contributed by atoms with Crippen molar-refractivity contribution >= 4 is 0 Å². The summed E-state index contributed by atoms with van der Waals surface area (Å²) in [5.41, 5.74) is -0.333. The summed E-state index contributed by atoms with van der Waals surface area (Å²) in [4.78, 5) is 0. The van der Waals surface area contributed by atoms with Gasteiger partial charge in [0.05, 0.1) is 19.8 Å². The second-order valence-electron chi connectivity index (χ2n) is 2.62. The number of hydrogen-bond donors (Lipinski definition) is 2. The van der Waals surface area contributed by atoms with Crippen molar-refractivity contribution in [3.8, 4) is 0 Å². The highest BCUT2D eigenvalue weighted by molar-refractivity contribution is 4.81. The van der Waals surface area contributed by atoms with E-state index in [1.165, 1.54) is 0 Å². The van der Waals surface area contributed by atoms with Gasteiger partial charge in [-0.3, -0.25) is 0 Å². The molecule has 3 heteroatoms. The Hall–Kier alpha value is -0.120. The Labute approximate surface area is 54.3 Å². The van der Waals surface area contributed by atoms with Crippen molar-refractivity contribution in [1.82, 2.24) is 0 Å². The molecule has 0 unspecified atom stereocenters. The van der Waals surface area contributed by atoms with Crippen LogP contribution in [0.25, 0.3) is 0 Å². The van der Waals surface area contributed by atoms with Gasteiger partial charge in [0, 0.05) is 12.0 Å². The van der Waals surface area contributed by atoms with Crippen LogP contribution in [0.3, 0.4) is 0 Å². The fraction of sp³-hybridized carbons (Fsp3) is 1.00. The van der Waals surface area contributed by atoms with Crippen molar-refractivity contribution in [1.29, 1.82) is 0 Å². The molecule has 0 aliphatic carbocycles. The topological polar surface area (TPSA) is 49.7 Å². The summed E-state index contributed by atoms with van der Waals surface area (Å²) < 4.78 is 5.02. The minimum atomic E-state index is -0.333. The van der Waals surface area contributed by atoms with Crippen molar-refractivity contribution in [2.45, 2.75) is 6.42 Å². The van der Waals surface area contributed by atoms with Crippen LogP contribution in [-0.2, 0) is 4.74 Å². The lowest BCUT2D eigenvalue weighted by Crippen LogP contribution is -2.29. The summed E-state index contributed by atoms with van der Waals surface area (Å²) in [5.74, 6) is 0. The highest BCUT2D eigenvalue weighted by Gasteiger charge is 2.33. The van der Waals surface area contributed by atoms with Gasteiger partial charge in [0.15, 0.2) is 0 Å². The summed E-state index contributed by atoms with van der Waals surface area (Å²) in [7, 11) is 0. The molecule has 0 aromatic rings. The van der Waals surface area contributed by atoms with Crippen LogP contribution in [0.5, 0.6) is 0 Å². The molecule has 0 saturated carbocycles. The van der Waals surface area contributed by atoms with Gasteiger partial charge >= 0.3 is 0 Å². The van der Waals surface area contributed by atoms with Crippen molar-refractivity contribution in [3.63, 3.8) is 0 Å². The van der Waals surface area contributed by atoms with Crippen molar-refractivity contribution in [2.75, 3.05) is 26.4 Å². The monoisotopic (exact) mass is 132 g/mol. The fourth-order valence-electron chi connectivity index (χ4n) is 0.949. The van der Waals surface area contributed by atoms with E-state index in [1.807, 2.05) is 0 Å². The molecule has 0 bridgehead atoms. The molecule has 1 saturated heterocycles. The molecule has 0 aromatic carbocycles. The quantitative estimate of drug-likeness (QED) is 0.526. The van der Waals surface area contributed by atoms with Gasteiger partial charge in [-0.05, 0) is 6.42 Å². The maximum atomic E-state index is 8.78. The van der Waals surface area contributed by atoms with E-state index in [0.717, 1.165) is 6.42 Å². The molecule has 0 aromatic heterocycles. The van der Waals surface area contributed by atoms with E-state index >= 15 is 0 Å². The third-order valence-electron chi connectivity index (χ3n) is 1.86. The van der Waals surface area contributed by atoms with Crippen LogP contribution in [0.2, 0.25) is 0 Å². The Morgan fingerprint density at radius 3 is 2.22 bits per heavy atom. The van der Waals surface area contributed by atoms with Gasteiger partial charge in [0.1, 0.15) is 0 Å². The predicted molar refractivity (Wildman–Crippen MR) is 32.0 cm³/mol. The first kappa shape index (κ1) is 6.99. The summed E-state index contributed by atoms with van der Waals surface area (Å²) in [6.45, 7) is 1.23. The van der Waals surface area contributed by atoms with Gasteiger partial charge in [-0.1, -0.05) is 0 Å². The van der Waals surface area contributed by atoms with E-state index in [2.05, 4.69) is 0 Å². The Kier molecular flexibility index (Phi) is 2.05. The lowest BCUT2D eigenvalue weighted by Gasteiger charge is -2.20. The van der Waals surface area contributed by atoms with Crippen molar-refractivity contribution < 1.29 is 14.9 Å². The van der Waals surface area contributed by atoms with Gasteiger partial charge in [0.25, 0.3) is 0 Å². The molecule has 9 heavy (non-hydrogen) atoms. The zero-order valence-corrected chi connectivity index (χ0v) is 5.34. The first-order valence-corrected chi connectivity index (χ1v) is 3.12. The molecule has 0 spiro atoms. The average molecular weight is 132 g/mol. The largest absolute Gasteiger partial charge is 0.396 e. The molecule has 1 aliphatic heterocycles. The van der Waals surface area contributed by atoms with Crippen molar-refractivity contribution in [2.24, 2.45) is 5.41 Å². The Morgan fingerprint density at radius 1 is 1.33 bits per heavy atom. The highest BCUT2D eigenvalue weighted by Crippen LogP contribution is 2.26. The molecule has 1 heterocycles. The third-order valence-corrected chi connectivity index (χ3v) is 1.86. The molecular weight excluding hydrogens is 120 g/mol. The Morgan fingerprint density at radius 2 is 2.00 bits per heavy atom. The van der Waals surface area contributed by atoms with E-state index in [-0.39, 0.29) is 18.6 Å². The molecule has 1 rings (SSSR count). The molecule has 0 atom stereocenters. The maximum Gasteiger partial charge on any atom is 0.0567 e. The van der Waals surface area contributed by atoms with Crippen molar-refractivity contribution in [3.05, 3.63) is 0 Å².